The lowest BCUT2D eigenvalue weighted by Gasteiger charge is -2.29. The van der Waals surface area contributed by atoms with Crippen LogP contribution in [-0.2, 0) is 10.0 Å². The lowest BCUT2D eigenvalue weighted by atomic mass is 10.4. The Labute approximate surface area is 98.2 Å². The normalized spacial score (nSPS) is 20.6. The average Bonchev–Trinajstić information content (AvgIpc) is 2.71. The zero-order valence-electron chi connectivity index (χ0n) is 7.97. The molecule has 0 bridgehead atoms. The second-order valence-electron chi connectivity index (χ2n) is 3.25. The van der Waals surface area contributed by atoms with Crippen LogP contribution in [0.15, 0.2) is 21.7 Å². The molecule has 0 amide bonds. The van der Waals surface area contributed by atoms with Gasteiger partial charge >= 0.3 is 0 Å². The number of piperazine rings is 1. The molecule has 1 aromatic heterocycles. The minimum absolute atomic E-state index is 0.408. The van der Waals surface area contributed by atoms with Crippen LogP contribution in [0.4, 0.5) is 0 Å². The summed E-state index contributed by atoms with van der Waals surface area (Å²) in [6.07, 6.45) is 0. The van der Waals surface area contributed by atoms with E-state index in [1.165, 1.54) is 15.6 Å². The van der Waals surface area contributed by atoms with E-state index in [9.17, 15) is 8.42 Å². The molecule has 0 saturated carbocycles. The van der Waals surface area contributed by atoms with Crippen LogP contribution < -0.4 is 0 Å². The molecule has 0 radical (unpaired) electrons. The van der Waals surface area contributed by atoms with Crippen molar-refractivity contribution in [3.63, 3.8) is 0 Å². The first-order chi connectivity index (χ1) is 7.10. The summed E-state index contributed by atoms with van der Waals surface area (Å²) in [5, 5.41) is 1.77. The topological polar surface area (TPSA) is 40.6 Å². The van der Waals surface area contributed by atoms with E-state index in [4.69, 9.17) is 11.8 Å². The fraction of sp³-hybridized carbons (Fsp3) is 0.500. The minimum Gasteiger partial charge on any atom is -0.218 e. The van der Waals surface area contributed by atoms with Crippen molar-refractivity contribution in [3.05, 3.63) is 17.5 Å². The van der Waals surface area contributed by atoms with Gasteiger partial charge < -0.3 is 0 Å². The molecule has 2 rings (SSSR count). The number of thiophene rings is 1. The SMILES string of the molecule is O=S(=O)(c1cccs1)N1CCN(Cl)CC1. The van der Waals surface area contributed by atoms with Gasteiger partial charge in [-0.05, 0) is 23.2 Å². The lowest BCUT2D eigenvalue weighted by Crippen LogP contribution is -2.45. The van der Waals surface area contributed by atoms with Crippen molar-refractivity contribution in [1.82, 2.24) is 8.72 Å². The maximum atomic E-state index is 12.0. The molecule has 0 atom stereocenters. The third-order valence-electron chi connectivity index (χ3n) is 2.27. The first kappa shape index (κ1) is 11.3. The summed E-state index contributed by atoms with van der Waals surface area (Å²) in [6, 6.07) is 3.38. The maximum Gasteiger partial charge on any atom is 0.252 e. The van der Waals surface area contributed by atoms with Crippen LogP contribution in [0.25, 0.3) is 0 Å². The van der Waals surface area contributed by atoms with Crippen molar-refractivity contribution < 1.29 is 8.42 Å². The summed E-state index contributed by atoms with van der Waals surface area (Å²) in [6.45, 7) is 2.08. The highest BCUT2D eigenvalue weighted by atomic mass is 35.5. The third kappa shape index (κ3) is 2.34. The van der Waals surface area contributed by atoms with E-state index in [1.807, 2.05) is 0 Å². The highest BCUT2D eigenvalue weighted by molar-refractivity contribution is 7.91. The predicted molar refractivity (Wildman–Crippen MR) is 60.5 cm³/mol. The summed E-state index contributed by atoms with van der Waals surface area (Å²) >= 11 is 7.02. The van der Waals surface area contributed by atoms with E-state index < -0.39 is 10.0 Å². The predicted octanol–water partition coefficient (Wildman–Crippen LogP) is 1.21. The monoisotopic (exact) mass is 266 g/mol. The Morgan fingerprint density at radius 3 is 2.47 bits per heavy atom. The molecular formula is C8H11ClN2O2S2. The largest absolute Gasteiger partial charge is 0.252 e. The molecule has 0 spiro atoms. The molecule has 1 fully saturated rings. The second-order valence-corrected chi connectivity index (χ2v) is 6.84. The van der Waals surface area contributed by atoms with Crippen LogP contribution in [0.5, 0.6) is 0 Å². The Hall–Kier alpha value is -0.140. The van der Waals surface area contributed by atoms with Gasteiger partial charge in [0.05, 0.1) is 0 Å². The first-order valence-electron chi connectivity index (χ1n) is 4.55. The number of hydrogen-bond acceptors (Lipinski definition) is 4. The standard InChI is InChI=1S/C8H11ClN2O2S2/c9-10-3-5-11(6-4-10)15(12,13)8-2-1-7-14-8/h1-2,7H,3-6H2. The van der Waals surface area contributed by atoms with Crippen molar-refractivity contribution in [3.8, 4) is 0 Å². The van der Waals surface area contributed by atoms with E-state index in [1.54, 1.807) is 21.9 Å². The molecule has 0 aliphatic carbocycles. The summed E-state index contributed by atoms with van der Waals surface area (Å²) < 4.78 is 27.6. The molecule has 0 aromatic carbocycles. The molecule has 1 aliphatic heterocycles. The maximum absolute atomic E-state index is 12.0. The second kappa shape index (κ2) is 4.39. The summed E-state index contributed by atoms with van der Waals surface area (Å²) in [7, 11) is -3.28. The van der Waals surface area contributed by atoms with Gasteiger partial charge in [0, 0.05) is 26.2 Å². The fourth-order valence-electron chi connectivity index (χ4n) is 1.44. The molecule has 1 saturated heterocycles. The Morgan fingerprint density at radius 2 is 1.93 bits per heavy atom. The fourth-order valence-corrected chi connectivity index (χ4v) is 4.16. The van der Waals surface area contributed by atoms with Gasteiger partial charge in [0.15, 0.2) is 0 Å². The molecule has 1 aliphatic rings. The van der Waals surface area contributed by atoms with Crippen LogP contribution >= 0.6 is 23.1 Å². The van der Waals surface area contributed by atoms with Gasteiger partial charge in [0.1, 0.15) is 4.21 Å². The Bertz CT molecular complexity index is 410. The van der Waals surface area contributed by atoms with Crippen molar-refractivity contribution in [2.24, 2.45) is 0 Å². The van der Waals surface area contributed by atoms with E-state index in [0.717, 1.165) is 0 Å². The van der Waals surface area contributed by atoms with E-state index in [2.05, 4.69) is 0 Å². The van der Waals surface area contributed by atoms with Gasteiger partial charge in [-0.15, -0.1) is 11.3 Å². The molecule has 2 heterocycles. The Kier molecular flexibility index (Phi) is 3.32. The Balaban J connectivity index is 2.17. The zero-order chi connectivity index (χ0) is 10.9. The smallest absolute Gasteiger partial charge is 0.218 e. The van der Waals surface area contributed by atoms with Crippen LogP contribution in [0.1, 0.15) is 0 Å². The Morgan fingerprint density at radius 1 is 1.27 bits per heavy atom. The van der Waals surface area contributed by atoms with Crippen LogP contribution in [-0.4, -0.2) is 43.3 Å². The molecular weight excluding hydrogens is 256 g/mol. The molecule has 0 unspecified atom stereocenters. The van der Waals surface area contributed by atoms with E-state index in [0.29, 0.717) is 30.4 Å². The van der Waals surface area contributed by atoms with Crippen LogP contribution in [0.3, 0.4) is 0 Å². The van der Waals surface area contributed by atoms with Crippen molar-refractivity contribution in [1.29, 1.82) is 0 Å². The lowest BCUT2D eigenvalue weighted by molar-refractivity contribution is 0.282. The molecule has 1 aromatic rings. The number of halogens is 1. The highest BCUT2D eigenvalue weighted by Crippen LogP contribution is 2.22. The minimum atomic E-state index is -3.28. The van der Waals surface area contributed by atoms with Crippen molar-refractivity contribution >= 4 is 33.1 Å². The molecule has 4 nitrogen and oxygen atoms in total. The van der Waals surface area contributed by atoms with Gasteiger partial charge in [-0.2, -0.15) is 4.31 Å². The number of nitrogens with zero attached hydrogens (tertiary/aromatic N) is 2. The van der Waals surface area contributed by atoms with Gasteiger partial charge in [-0.1, -0.05) is 6.07 Å². The number of sulfonamides is 1. The van der Waals surface area contributed by atoms with E-state index >= 15 is 0 Å². The highest BCUT2D eigenvalue weighted by Gasteiger charge is 2.28. The number of rotatable bonds is 2. The van der Waals surface area contributed by atoms with Gasteiger partial charge in [-0.25, -0.2) is 12.8 Å². The molecule has 7 heteroatoms. The van der Waals surface area contributed by atoms with Gasteiger partial charge in [-0.3, -0.25) is 0 Å². The van der Waals surface area contributed by atoms with Gasteiger partial charge in [0.25, 0.3) is 10.0 Å². The van der Waals surface area contributed by atoms with Crippen molar-refractivity contribution in [2.75, 3.05) is 26.2 Å². The summed E-state index contributed by atoms with van der Waals surface area (Å²) in [4.78, 5) is 0. The summed E-state index contributed by atoms with van der Waals surface area (Å²) in [5.41, 5.74) is 0. The number of hydrogen-bond donors (Lipinski definition) is 0. The van der Waals surface area contributed by atoms with Crippen molar-refractivity contribution in [2.45, 2.75) is 4.21 Å². The molecule has 0 N–H and O–H groups in total. The van der Waals surface area contributed by atoms with E-state index in [-0.39, 0.29) is 0 Å². The molecule has 84 valence electrons. The quantitative estimate of drug-likeness (QED) is 0.756. The van der Waals surface area contributed by atoms with Crippen LogP contribution in [0, 0.1) is 0 Å². The third-order valence-corrected chi connectivity index (χ3v) is 5.88. The summed E-state index contributed by atoms with van der Waals surface area (Å²) in [5.74, 6) is 0. The first-order valence-corrected chi connectivity index (χ1v) is 7.21. The molecule has 15 heavy (non-hydrogen) atoms. The van der Waals surface area contributed by atoms with Gasteiger partial charge in [0.2, 0.25) is 0 Å². The van der Waals surface area contributed by atoms with Crippen LogP contribution in [0.2, 0.25) is 0 Å². The zero-order valence-corrected chi connectivity index (χ0v) is 10.4. The average molecular weight is 267 g/mol.